The standard InChI is InChI=1S/C21H22N4O4S/c1-5-29-20(28)17-11(2)18(22-12(17)3)19(27)25-21-24-16(10-30-21)14-6-8-15(9-7-14)23-13(4)26/h6-10,22H,5H2,1-4H3,(H,23,26)(H,24,25,27). The zero-order chi connectivity index (χ0) is 21.8. The number of thiazole rings is 1. The molecule has 0 aliphatic carbocycles. The number of carbonyl (C=O) groups excluding carboxylic acids is 3. The first-order chi connectivity index (χ1) is 14.3. The second-order valence-electron chi connectivity index (χ2n) is 6.60. The van der Waals surface area contributed by atoms with E-state index in [0.29, 0.717) is 39.0 Å². The number of aromatic nitrogens is 2. The number of rotatable bonds is 6. The lowest BCUT2D eigenvalue weighted by molar-refractivity contribution is -0.114. The SMILES string of the molecule is CCOC(=O)c1c(C)[nH]c(C(=O)Nc2nc(-c3ccc(NC(C)=O)cc3)cs2)c1C. The van der Waals surface area contributed by atoms with Gasteiger partial charge in [-0.2, -0.15) is 0 Å². The minimum atomic E-state index is -0.456. The molecular weight excluding hydrogens is 404 g/mol. The summed E-state index contributed by atoms with van der Waals surface area (Å²) in [4.78, 5) is 43.4. The van der Waals surface area contributed by atoms with Crippen LogP contribution in [0.1, 0.15) is 46.0 Å². The van der Waals surface area contributed by atoms with Crippen molar-refractivity contribution in [1.82, 2.24) is 9.97 Å². The molecule has 1 aromatic carbocycles. The number of benzene rings is 1. The molecular formula is C21H22N4O4S. The molecule has 0 fully saturated rings. The molecule has 2 heterocycles. The lowest BCUT2D eigenvalue weighted by Gasteiger charge is -2.03. The third-order valence-electron chi connectivity index (χ3n) is 4.37. The molecule has 0 aliphatic rings. The number of carbonyl (C=O) groups is 3. The quantitative estimate of drug-likeness (QED) is 0.513. The first-order valence-corrected chi connectivity index (χ1v) is 10.2. The number of hydrogen-bond donors (Lipinski definition) is 3. The molecule has 30 heavy (non-hydrogen) atoms. The van der Waals surface area contributed by atoms with Gasteiger partial charge in [0.2, 0.25) is 5.91 Å². The van der Waals surface area contributed by atoms with E-state index in [1.807, 2.05) is 17.5 Å². The van der Waals surface area contributed by atoms with Crippen LogP contribution in [0.25, 0.3) is 11.3 Å². The number of nitrogens with zero attached hydrogens (tertiary/aromatic N) is 1. The highest BCUT2D eigenvalue weighted by Gasteiger charge is 2.23. The molecule has 2 aromatic heterocycles. The van der Waals surface area contributed by atoms with Crippen molar-refractivity contribution in [2.24, 2.45) is 0 Å². The second-order valence-corrected chi connectivity index (χ2v) is 7.45. The monoisotopic (exact) mass is 426 g/mol. The zero-order valence-electron chi connectivity index (χ0n) is 17.1. The Kier molecular flexibility index (Phi) is 6.31. The van der Waals surface area contributed by atoms with Crippen LogP contribution in [0, 0.1) is 13.8 Å². The molecule has 3 aromatic rings. The van der Waals surface area contributed by atoms with E-state index in [1.165, 1.54) is 18.3 Å². The number of ether oxygens (including phenoxy) is 1. The van der Waals surface area contributed by atoms with Gasteiger partial charge in [0.25, 0.3) is 5.91 Å². The van der Waals surface area contributed by atoms with Gasteiger partial charge in [-0.1, -0.05) is 12.1 Å². The third kappa shape index (κ3) is 4.57. The van der Waals surface area contributed by atoms with Crippen molar-refractivity contribution in [3.63, 3.8) is 0 Å². The van der Waals surface area contributed by atoms with Crippen LogP contribution >= 0.6 is 11.3 Å². The van der Waals surface area contributed by atoms with Crippen LogP contribution < -0.4 is 10.6 Å². The first kappa shape index (κ1) is 21.3. The van der Waals surface area contributed by atoms with E-state index in [-0.39, 0.29) is 18.4 Å². The maximum atomic E-state index is 12.7. The van der Waals surface area contributed by atoms with E-state index in [4.69, 9.17) is 4.74 Å². The average Bonchev–Trinajstić information content (AvgIpc) is 3.26. The van der Waals surface area contributed by atoms with E-state index in [9.17, 15) is 14.4 Å². The van der Waals surface area contributed by atoms with Crippen molar-refractivity contribution < 1.29 is 19.1 Å². The highest BCUT2D eigenvalue weighted by atomic mass is 32.1. The van der Waals surface area contributed by atoms with Crippen molar-refractivity contribution in [1.29, 1.82) is 0 Å². The smallest absolute Gasteiger partial charge is 0.340 e. The van der Waals surface area contributed by atoms with Gasteiger partial charge >= 0.3 is 5.97 Å². The Bertz CT molecular complexity index is 1100. The normalized spacial score (nSPS) is 10.5. The Hall–Kier alpha value is -3.46. The molecule has 9 heteroatoms. The Morgan fingerprint density at radius 1 is 1.13 bits per heavy atom. The number of hydrogen-bond acceptors (Lipinski definition) is 6. The summed E-state index contributed by atoms with van der Waals surface area (Å²) in [6.45, 7) is 6.87. The molecule has 0 saturated heterocycles. The lowest BCUT2D eigenvalue weighted by atomic mass is 10.1. The van der Waals surface area contributed by atoms with Gasteiger partial charge in [0.1, 0.15) is 5.69 Å². The van der Waals surface area contributed by atoms with Crippen LogP contribution in [0.15, 0.2) is 29.6 Å². The van der Waals surface area contributed by atoms with Gasteiger partial charge in [0.15, 0.2) is 5.13 Å². The number of aromatic amines is 1. The summed E-state index contributed by atoms with van der Waals surface area (Å²) in [6.07, 6.45) is 0. The Labute approximate surface area is 177 Å². The minimum Gasteiger partial charge on any atom is -0.462 e. The number of amides is 2. The largest absolute Gasteiger partial charge is 0.462 e. The maximum absolute atomic E-state index is 12.7. The van der Waals surface area contributed by atoms with Crippen molar-refractivity contribution >= 4 is 39.9 Å². The van der Waals surface area contributed by atoms with Crippen LogP contribution in [0.3, 0.4) is 0 Å². The van der Waals surface area contributed by atoms with Crippen LogP contribution in [0.4, 0.5) is 10.8 Å². The predicted molar refractivity (Wildman–Crippen MR) is 116 cm³/mol. The van der Waals surface area contributed by atoms with E-state index in [0.717, 1.165) is 5.56 Å². The van der Waals surface area contributed by atoms with Crippen molar-refractivity contribution in [3.8, 4) is 11.3 Å². The fourth-order valence-corrected chi connectivity index (χ4v) is 3.75. The molecule has 0 aliphatic heterocycles. The molecule has 0 bridgehead atoms. The highest BCUT2D eigenvalue weighted by Crippen LogP contribution is 2.27. The fourth-order valence-electron chi connectivity index (χ4n) is 3.04. The number of aryl methyl sites for hydroxylation is 1. The van der Waals surface area contributed by atoms with Gasteiger partial charge in [0, 0.05) is 29.2 Å². The van der Waals surface area contributed by atoms with Crippen molar-refractivity contribution in [2.45, 2.75) is 27.7 Å². The minimum absolute atomic E-state index is 0.137. The van der Waals surface area contributed by atoms with Gasteiger partial charge in [-0.05, 0) is 38.5 Å². The lowest BCUT2D eigenvalue weighted by Crippen LogP contribution is -2.14. The summed E-state index contributed by atoms with van der Waals surface area (Å²) < 4.78 is 5.06. The molecule has 156 valence electrons. The van der Waals surface area contributed by atoms with Crippen LogP contribution in [0.2, 0.25) is 0 Å². The molecule has 0 unspecified atom stereocenters. The predicted octanol–water partition coefficient (Wildman–Crippen LogP) is 4.14. The van der Waals surface area contributed by atoms with Gasteiger partial charge in [-0.3, -0.25) is 14.9 Å². The zero-order valence-corrected chi connectivity index (χ0v) is 17.9. The van der Waals surface area contributed by atoms with E-state index < -0.39 is 5.97 Å². The summed E-state index contributed by atoms with van der Waals surface area (Å²) in [7, 11) is 0. The van der Waals surface area contributed by atoms with Gasteiger partial charge < -0.3 is 15.0 Å². The topological polar surface area (TPSA) is 113 Å². The van der Waals surface area contributed by atoms with Gasteiger partial charge in [0.05, 0.1) is 17.9 Å². The third-order valence-corrected chi connectivity index (χ3v) is 5.13. The Morgan fingerprint density at radius 2 is 1.83 bits per heavy atom. The highest BCUT2D eigenvalue weighted by molar-refractivity contribution is 7.14. The summed E-state index contributed by atoms with van der Waals surface area (Å²) in [5, 5.41) is 7.75. The Balaban J connectivity index is 1.75. The van der Waals surface area contributed by atoms with Gasteiger partial charge in [-0.25, -0.2) is 9.78 Å². The molecule has 2 amide bonds. The number of esters is 1. The number of anilines is 2. The number of H-pyrrole nitrogens is 1. The first-order valence-electron chi connectivity index (χ1n) is 9.31. The molecule has 3 N–H and O–H groups in total. The second kappa shape index (κ2) is 8.91. The molecule has 3 rings (SSSR count). The van der Waals surface area contributed by atoms with E-state index >= 15 is 0 Å². The molecule has 8 nitrogen and oxygen atoms in total. The molecule has 0 saturated carbocycles. The van der Waals surface area contributed by atoms with Crippen LogP contribution in [0.5, 0.6) is 0 Å². The average molecular weight is 426 g/mol. The summed E-state index contributed by atoms with van der Waals surface area (Å²) in [5.74, 6) is -0.975. The maximum Gasteiger partial charge on any atom is 0.340 e. The fraction of sp³-hybridized carbons (Fsp3) is 0.238. The van der Waals surface area contributed by atoms with Gasteiger partial charge in [-0.15, -0.1) is 11.3 Å². The summed E-state index contributed by atoms with van der Waals surface area (Å²) >= 11 is 1.30. The molecule has 0 spiro atoms. The van der Waals surface area contributed by atoms with E-state index in [2.05, 4.69) is 20.6 Å². The van der Waals surface area contributed by atoms with E-state index in [1.54, 1.807) is 32.9 Å². The molecule has 0 radical (unpaired) electrons. The summed E-state index contributed by atoms with van der Waals surface area (Å²) in [6, 6.07) is 7.26. The van der Waals surface area contributed by atoms with Crippen LogP contribution in [-0.4, -0.2) is 34.4 Å². The summed E-state index contributed by atoms with van der Waals surface area (Å²) in [5.41, 5.74) is 4.05. The Morgan fingerprint density at radius 3 is 2.47 bits per heavy atom. The van der Waals surface area contributed by atoms with Crippen molar-refractivity contribution in [2.75, 3.05) is 17.2 Å². The molecule has 0 atom stereocenters. The van der Waals surface area contributed by atoms with Crippen molar-refractivity contribution in [3.05, 3.63) is 52.2 Å². The van der Waals surface area contributed by atoms with Crippen LogP contribution in [-0.2, 0) is 9.53 Å². The number of nitrogens with one attached hydrogen (secondary N) is 3.